The smallest absolute Gasteiger partial charge is 0.0471 e. The minimum Gasteiger partial charge on any atom is -0.396 e. The molecule has 0 saturated heterocycles. The van der Waals surface area contributed by atoms with E-state index in [-0.39, 0.29) is 6.61 Å². The molecule has 1 saturated carbocycles. The second-order valence-corrected chi connectivity index (χ2v) is 5.27. The molecule has 0 aliphatic heterocycles. The van der Waals surface area contributed by atoms with Crippen LogP contribution in [0.15, 0.2) is 24.3 Å². The summed E-state index contributed by atoms with van der Waals surface area (Å²) in [4.78, 5) is 0. The van der Waals surface area contributed by atoms with Gasteiger partial charge in [0.05, 0.1) is 0 Å². The van der Waals surface area contributed by atoms with Crippen molar-refractivity contribution in [3.63, 3.8) is 0 Å². The summed E-state index contributed by atoms with van der Waals surface area (Å²) in [6.07, 6.45) is 6.03. The fourth-order valence-electron chi connectivity index (χ4n) is 2.54. The summed E-state index contributed by atoms with van der Waals surface area (Å²) < 4.78 is 0. The number of aliphatic hydroxyl groups is 1. The van der Waals surface area contributed by atoms with Crippen LogP contribution in [0.25, 0.3) is 0 Å². The monoisotopic (exact) mass is 233 g/mol. The van der Waals surface area contributed by atoms with E-state index < -0.39 is 0 Å². The Morgan fingerprint density at radius 1 is 1.12 bits per heavy atom. The minimum absolute atomic E-state index is 0.229. The van der Waals surface area contributed by atoms with Crippen LogP contribution in [-0.2, 0) is 6.42 Å². The predicted octanol–water partition coefficient (Wildman–Crippen LogP) is 3.21. The van der Waals surface area contributed by atoms with Crippen LogP contribution in [0, 0.1) is 5.92 Å². The van der Waals surface area contributed by atoms with Gasteiger partial charge in [0.1, 0.15) is 0 Å². The van der Waals surface area contributed by atoms with Crippen molar-refractivity contribution in [2.45, 2.75) is 45.1 Å². The van der Waals surface area contributed by atoms with Crippen LogP contribution in [0.3, 0.4) is 0 Å². The zero-order valence-corrected chi connectivity index (χ0v) is 10.7. The fourth-order valence-corrected chi connectivity index (χ4v) is 2.54. The van der Waals surface area contributed by atoms with E-state index in [9.17, 15) is 0 Å². The molecule has 1 fully saturated rings. The highest BCUT2D eigenvalue weighted by molar-refractivity contribution is 5.45. The van der Waals surface area contributed by atoms with E-state index >= 15 is 0 Å². The maximum absolute atomic E-state index is 8.86. The van der Waals surface area contributed by atoms with Crippen LogP contribution in [0.1, 0.15) is 38.2 Å². The van der Waals surface area contributed by atoms with Crippen molar-refractivity contribution in [3.05, 3.63) is 29.8 Å². The maximum atomic E-state index is 8.86. The maximum Gasteiger partial charge on any atom is 0.0471 e. The molecule has 0 radical (unpaired) electrons. The van der Waals surface area contributed by atoms with Gasteiger partial charge in [-0.3, -0.25) is 0 Å². The van der Waals surface area contributed by atoms with E-state index in [4.69, 9.17) is 5.11 Å². The summed E-state index contributed by atoms with van der Waals surface area (Å²) in [5, 5.41) is 12.5. The summed E-state index contributed by atoms with van der Waals surface area (Å²) in [6.45, 7) is 2.58. The third kappa shape index (κ3) is 3.74. The number of hydrogen-bond donors (Lipinski definition) is 2. The lowest BCUT2D eigenvalue weighted by Crippen LogP contribution is -2.25. The molecule has 2 N–H and O–H groups in total. The van der Waals surface area contributed by atoms with E-state index in [0.717, 1.165) is 12.3 Å². The summed E-state index contributed by atoms with van der Waals surface area (Å²) in [7, 11) is 0. The molecule has 0 bridgehead atoms. The normalized spacial score (nSPS) is 24.6. The highest BCUT2D eigenvalue weighted by Crippen LogP contribution is 2.26. The molecular weight excluding hydrogens is 210 g/mol. The number of anilines is 1. The predicted molar refractivity (Wildman–Crippen MR) is 72.3 cm³/mol. The van der Waals surface area contributed by atoms with Gasteiger partial charge < -0.3 is 10.4 Å². The SMILES string of the molecule is CC1CCC(Nc2ccc(CCO)cc2)CC1. The molecule has 1 aliphatic carbocycles. The first-order valence-electron chi connectivity index (χ1n) is 6.74. The summed E-state index contributed by atoms with van der Waals surface area (Å²) in [5.74, 6) is 0.903. The minimum atomic E-state index is 0.229. The van der Waals surface area contributed by atoms with E-state index in [1.165, 1.54) is 36.9 Å². The second kappa shape index (κ2) is 6.06. The summed E-state index contributed by atoms with van der Waals surface area (Å²) in [5.41, 5.74) is 2.42. The molecule has 0 spiro atoms. The zero-order chi connectivity index (χ0) is 12.1. The zero-order valence-electron chi connectivity index (χ0n) is 10.7. The Balaban J connectivity index is 1.86. The van der Waals surface area contributed by atoms with Crippen molar-refractivity contribution in [2.75, 3.05) is 11.9 Å². The van der Waals surface area contributed by atoms with Crippen molar-refractivity contribution < 1.29 is 5.11 Å². The lowest BCUT2D eigenvalue weighted by Gasteiger charge is -2.27. The molecular formula is C15H23NO. The Kier molecular flexibility index (Phi) is 4.43. The van der Waals surface area contributed by atoms with Crippen molar-refractivity contribution >= 4 is 5.69 Å². The lowest BCUT2D eigenvalue weighted by atomic mass is 9.87. The number of aliphatic hydroxyl groups excluding tert-OH is 1. The third-order valence-corrected chi connectivity index (χ3v) is 3.74. The van der Waals surface area contributed by atoms with Crippen LogP contribution in [0.5, 0.6) is 0 Å². The fraction of sp³-hybridized carbons (Fsp3) is 0.600. The van der Waals surface area contributed by atoms with Crippen molar-refractivity contribution in [1.29, 1.82) is 0 Å². The first kappa shape index (κ1) is 12.4. The standard InChI is InChI=1S/C15H23NO/c1-12-2-6-14(7-3-12)16-15-8-4-13(5-9-15)10-11-17/h4-5,8-9,12,14,16-17H,2-3,6-7,10-11H2,1H3. The molecule has 0 amide bonds. The van der Waals surface area contributed by atoms with Gasteiger partial charge in [0.2, 0.25) is 0 Å². The quantitative estimate of drug-likeness (QED) is 0.837. The second-order valence-electron chi connectivity index (χ2n) is 5.27. The summed E-state index contributed by atoms with van der Waals surface area (Å²) >= 11 is 0. The molecule has 94 valence electrons. The lowest BCUT2D eigenvalue weighted by molar-refractivity contribution is 0.299. The van der Waals surface area contributed by atoms with Gasteiger partial charge in [-0.05, 0) is 55.7 Å². The van der Waals surface area contributed by atoms with Crippen LogP contribution in [0.4, 0.5) is 5.69 Å². The molecule has 17 heavy (non-hydrogen) atoms. The number of rotatable bonds is 4. The Bertz CT molecular complexity index is 325. The average molecular weight is 233 g/mol. The van der Waals surface area contributed by atoms with Crippen LogP contribution in [-0.4, -0.2) is 17.8 Å². The van der Waals surface area contributed by atoms with Crippen molar-refractivity contribution in [3.8, 4) is 0 Å². The van der Waals surface area contributed by atoms with E-state index in [1.54, 1.807) is 0 Å². The highest BCUT2D eigenvalue weighted by Gasteiger charge is 2.17. The van der Waals surface area contributed by atoms with Gasteiger partial charge in [0.15, 0.2) is 0 Å². The molecule has 2 nitrogen and oxygen atoms in total. The van der Waals surface area contributed by atoms with Crippen molar-refractivity contribution in [2.24, 2.45) is 5.92 Å². The van der Waals surface area contributed by atoms with Gasteiger partial charge in [-0.25, -0.2) is 0 Å². The molecule has 0 heterocycles. The Morgan fingerprint density at radius 2 is 1.76 bits per heavy atom. The van der Waals surface area contributed by atoms with Gasteiger partial charge in [0, 0.05) is 18.3 Å². The van der Waals surface area contributed by atoms with Crippen LogP contribution >= 0.6 is 0 Å². The molecule has 1 aliphatic rings. The first-order valence-corrected chi connectivity index (χ1v) is 6.74. The van der Waals surface area contributed by atoms with E-state index in [2.05, 4.69) is 36.5 Å². The molecule has 0 aromatic heterocycles. The van der Waals surface area contributed by atoms with Gasteiger partial charge in [-0.15, -0.1) is 0 Å². The third-order valence-electron chi connectivity index (χ3n) is 3.74. The molecule has 1 aromatic rings. The highest BCUT2D eigenvalue weighted by atomic mass is 16.2. The largest absolute Gasteiger partial charge is 0.396 e. The van der Waals surface area contributed by atoms with E-state index in [1.807, 2.05) is 0 Å². The molecule has 0 unspecified atom stereocenters. The molecule has 2 rings (SSSR count). The van der Waals surface area contributed by atoms with Gasteiger partial charge >= 0.3 is 0 Å². The van der Waals surface area contributed by atoms with Crippen LogP contribution in [0.2, 0.25) is 0 Å². The number of nitrogens with one attached hydrogen (secondary N) is 1. The van der Waals surface area contributed by atoms with Crippen molar-refractivity contribution in [1.82, 2.24) is 0 Å². The first-order chi connectivity index (χ1) is 8.28. The number of benzene rings is 1. The Labute approximate surface area is 104 Å². The topological polar surface area (TPSA) is 32.3 Å². The number of hydrogen-bond acceptors (Lipinski definition) is 2. The molecule has 1 aromatic carbocycles. The van der Waals surface area contributed by atoms with Gasteiger partial charge in [-0.1, -0.05) is 19.1 Å². The van der Waals surface area contributed by atoms with Crippen LogP contribution < -0.4 is 5.32 Å². The molecule has 2 heteroatoms. The Morgan fingerprint density at radius 3 is 2.35 bits per heavy atom. The van der Waals surface area contributed by atoms with E-state index in [0.29, 0.717) is 6.04 Å². The summed E-state index contributed by atoms with van der Waals surface area (Å²) in [6, 6.07) is 9.11. The van der Waals surface area contributed by atoms with Gasteiger partial charge in [-0.2, -0.15) is 0 Å². The Hall–Kier alpha value is -1.02. The molecule has 0 atom stereocenters. The van der Waals surface area contributed by atoms with Gasteiger partial charge in [0.25, 0.3) is 0 Å². The average Bonchev–Trinajstić information content (AvgIpc) is 2.35.